The lowest BCUT2D eigenvalue weighted by Crippen LogP contribution is -2.33. The Kier molecular flexibility index (Phi) is 3.64. The van der Waals surface area contributed by atoms with E-state index in [4.69, 9.17) is 14.6 Å². The molecule has 4 heterocycles. The third-order valence-electron chi connectivity index (χ3n) is 4.78. The molecular formula is C20H17N3O2S. The Hall–Kier alpha value is -2.86. The summed E-state index contributed by atoms with van der Waals surface area (Å²) in [7, 11) is 1.67. The van der Waals surface area contributed by atoms with Gasteiger partial charge in [0.25, 0.3) is 0 Å². The number of fused-ring (bicyclic) bond motifs is 3. The predicted molar refractivity (Wildman–Crippen MR) is 101 cm³/mol. The lowest BCUT2D eigenvalue weighted by Gasteiger charge is -2.38. The highest BCUT2D eigenvalue weighted by Crippen LogP contribution is 2.50. The molecule has 26 heavy (non-hydrogen) atoms. The number of nitrogens with zero attached hydrogens (tertiary/aromatic N) is 3. The predicted octanol–water partition coefficient (Wildman–Crippen LogP) is 4.39. The number of benzene rings is 1. The lowest BCUT2D eigenvalue weighted by molar-refractivity contribution is -0.0211. The van der Waals surface area contributed by atoms with E-state index in [0.29, 0.717) is 0 Å². The van der Waals surface area contributed by atoms with Gasteiger partial charge in [-0.3, -0.25) is 4.98 Å². The highest BCUT2D eigenvalue weighted by Gasteiger charge is 2.42. The molecule has 0 aliphatic carbocycles. The second-order valence-electron chi connectivity index (χ2n) is 6.26. The molecule has 0 unspecified atom stereocenters. The number of pyridine rings is 1. The zero-order valence-electron chi connectivity index (χ0n) is 14.2. The molecule has 2 aromatic heterocycles. The molecule has 0 radical (unpaired) electrons. The number of aromatic nitrogens is 1. The van der Waals surface area contributed by atoms with Crippen LogP contribution in [0.5, 0.6) is 11.5 Å². The molecule has 0 fully saturated rings. The van der Waals surface area contributed by atoms with E-state index in [-0.39, 0.29) is 12.3 Å². The first-order valence-corrected chi connectivity index (χ1v) is 9.36. The van der Waals surface area contributed by atoms with Gasteiger partial charge in [0.1, 0.15) is 0 Å². The molecule has 2 aliphatic rings. The molecule has 2 atom stereocenters. The van der Waals surface area contributed by atoms with Crippen LogP contribution in [0, 0.1) is 0 Å². The van der Waals surface area contributed by atoms with Crippen LogP contribution in [0.2, 0.25) is 0 Å². The Labute approximate surface area is 155 Å². The zero-order chi connectivity index (χ0) is 17.5. The number of hydrazone groups is 1. The fourth-order valence-corrected chi connectivity index (χ4v) is 4.30. The number of methoxy groups -OCH3 is 1. The van der Waals surface area contributed by atoms with Crippen molar-refractivity contribution in [2.45, 2.75) is 18.7 Å². The largest absolute Gasteiger partial charge is 0.493 e. The molecule has 0 spiro atoms. The SMILES string of the molecule is COc1cccc2c1O[C@@H](c1cccnc1)N1N=C(c3cccs3)C[C@@H]21. The smallest absolute Gasteiger partial charge is 0.215 e. The van der Waals surface area contributed by atoms with Crippen LogP contribution >= 0.6 is 11.3 Å². The van der Waals surface area contributed by atoms with Crippen LogP contribution in [-0.4, -0.2) is 22.8 Å². The molecule has 1 aromatic carbocycles. The number of hydrogen-bond acceptors (Lipinski definition) is 6. The van der Waals surface area contributed by atoms with Crippen molar-refractivity contribution in [3.8, 4) is 11.5 Å². The summed E-state index contributed by atoms with van der Waals surface area (Å²) in [6, 6.07) is 14.3. The summed E-state index contributed by atoms with van der Waals surface area (Å²) in [4.78, 5) is 5.46. The summed E-state index contributed by atoms with van der Waals surface area (Å²) < 4.78 is 11.9. The fraction of sp³-hybridized carbons (Fsp3) is 0.200. The van der Waals surface area contributed by atoms with Crippen LogP contribution in [-0.2, 0) is 0 Å². The number of rotatable bonds is 3. The number of thiophene rings is 1. The molecule has 0 saturated carbocycles. The van der Waals surface area contributed by atoms with Crippen molar-refractivity contribution < 1.29 is 9.47 Å². The Balaban J connectivity index is 1.64. The van der Waals surface area contributed by atoms with E-state index in [1.54, 1.807) is 24.6 Å². The van der Waals surface area contributed by atoms with Crippen molar-refractivity contribution >= 4 is 17.0 Å². The van der Waals surface area contributed by atoms with Crippen molar-refractivity contribution in [3.63, 3.8) is 0 Å². The molecule has 2 aliphatic heterocycles. The molecular weight excluding hydrogens is 346 g/mol. The molecule has 6 heteroatoms. The first-order valence-electron chi connectivity index (χ1n) is 8.48. The van der Waals surface area contributed by atoms with E-state index < -0.39 is 0 Å². The van der Waals surface area contributed by atoms with Crippen LogP contribution in [0.3, 0.4) is 0 Å². The van der Waals surface area contributed by atoms with Crippen LogP contribution in [0.15, 0.2) is 65.3 Å². The van der Waals surface area contributed by atoms with E-state index in [1.807, 2.05) is 30.5 Å². The normalized spacial score (nSPS) is 20.8. The summed E-state index contributed by atoms with van der Waals surface area (Å²) >= 11 is 1.72. The summed E-state index contributed by atoms with van der Waals surface area (Å²) in [6.45, 7) is 0. The van der Waals surface area contributed by atoms with Gasteiger partial charge in [-0.1, -0.05) is 24.3 Å². The average Bonchev–Trinajstić information content (AvgIpc) is 3.37. The number of para-hydroxylation sites is 1. The van der Waals surface area contributed by atoms with Gasteiger partial charge in [0.05, 0.1) is 23.7 Å². The van der Waals surface area contributed by atoms with E-state index in [2.05, 4.69) is 33.6 Å². The van der Waals surface area contributed by atoms with Crippen molar-refractivity contribution in [1.82, 2.24) is 9.99 Å². The minimum absolute atomic E-state index is 0.121. The summed E-state index contributed by atoms with van der Waals surface area (Å²) in [5.74, 6) is 1.55. The van der Waals surface area contributed by atoms with E-state index in [9.17, 15) is 0 Å². The van der Waals surface area contributed by atoms with Gasteiger partial charge in [0.15, 0.2) is 11.5 Å². The minimum Gasteiger partial charge on any atom is -0.493 e. The van der Waals surface area contributed by atoms with E-state index in [0.717, 1.165) is 34.8 Å². The fourth-order valence-electron chi connectivity index (χ4n) is 3.58. The van der Waals surface area contributed by atoms with E-state index >= 15 is 0 Å². The minimum atomic E-state index is -0.324. The Morgan fingerprint density at radius 1 is 1.19 bits per heavy atom. The second-order valence-corrected chi connectivity index (χ2v) is 7.21. The molecule has 5 rings (SSSR count). The zero-order valence-corrected chi connectivity index (χ0v) is 15.0. The van der Waals surface area contributed by atoms with Gasteiger partial charge in [-0.25, -0.2) is 5.01 Å². The van der Waals surface area contributed by atoms with Gasteiger partial charge >= 0.3 is 0 Å². The molecule has 130 valence electrons. The first kappa shape index (κ1) is 15.4. The van der Waals surface area contributed by atoms with Gasteiger partial charge in [-0.15, -0.1) is 11.3 Å². The highest BCUT2D eigenvalue weighted by atomic mass is 32.1. The van der Waals surface area contributed by atoms with Crippen LogP contribution in [0.4, 0.5) is 0 Å². The molecule has 0 saturated heterocycles. The average molecular weight is 363 g/mol. The maximum absolute atomic E-state index is 6.38. The van der Waals surface area contributed by atoms with E-state index in [1.165, 1.54) is 4.88 Å². The van der Waals surface area contributed by atoms with Crippen LogP contribution in [0.1, 0.15) is 34.7 Å². The third-order valence-corrected chi connectivity index (χ3v) is 5.69. The monoisotopic (exact) mass is 363 g/mol. The molecule has 0 amide bonds. The molecule has 3 aromatic rings. The van der Waals surface area contributed by atoms with Gasteiger partial charge in [0.2, 0.25) is 6.23 Å². The maximum atomic E-state index is 6.38. The van der Waals surface area contributed by atoms with Crippen molar-refractivity contribution in [1.29, 1.82) is 0 Å². The standard InChI is InChI=1S/C20H17N3O2S/c1-24-17-7-2-6-14-16-11-15(18-8-4-10-26-18)22-23(16)20(25-19(14)17)13-5-3-9-21-12-13/h2-10,12,16,20H,11H2,1H3/t16-,20-/m0/s1. The highest BCUT2D eigenvalue weighted by molar-refractivity contribution is 7.12. The second kappa shape index (κ2) is 6.14. The summed E-state index contributed by atoms with van der Waals surface area (Å²) in [6.07, 6.45) is 4.12. The topological polar surface area (TPSA) is 47.0 Å². The first-order chi connectivity index (χ1) is 12.8. The summed E-state index contributed by atoms with van der Waals surface area (Å²) in [5, 5.41) is 9.08. The van der Waals surface area contributed by atoms with Crippen LogP contribution in [0.25, 0.3) is 0 Å². The van der Waals surface area contributed by atoms with Gasteiger partial charge in [-0.05, 0) is 23.6 Å². The van der Waals surface area contributed by atoms with Crippen LogP contribution < -0.4 is 9.47 Å². The lowest BCUT2D eigenvalue weighted by atomic mass is 9.97. The quantitative estimate of drug-likeness (QED) is 0.692. The Bertz CT molecular complexity index is 956. The molecule has 0 bridgehead atoms. The van der Waals surface area contributed by atoms with Gasteiger partial charge in [-0.2, -0.15) is 5.10 Å². The van der Waals surface area contributed by atoms with Gasteiger partial charge in [0, 0.05) is 29.9 Å². The van der Waals surface area contributed by atoms with Crippen molar-refractivity contribution in [2.75, 3.05) is 7.11 Å². The number of hydrogen-bond donors (Lipinski definition) is 0. The van der Waals surface area contributed by atoms with Crippen molar-refractivity contribution in [3.05, 3.63) is 76.2 Å². The van der Waals surface area contributed by atoms with Gasteiger partial charge < -0.3 is 9.47 Å². The van der Waals surface area contributed by atoms with Crippen molar-refractivity contribution in [2.24, 2.45) is 5.10 Å². The third kappa shape index (κ3) is 2.37. The Morgan fingerprint density at radius 2 is 2.15 bits per heavy atom. The summed E-state index contributed by atoms with van der Waals surface area (Å²) in [5.41, 5.74) is 3.18. The number of ether oxygens (including phenoxy) is 2. The maximum Gasteiger partial charge on any atom is 0.215 e. The Morgan fingerprint density at radius 3 is 2.92 bits per heavy atom. The molecule has 5 nitrogen and oxygen atoms in total. The molecule has 0 N–H and O–H groups in total.